The van der Waals surface area contributed by atoms with Gasteiger partial charge in [0.1, 0.15) is 18.7 Å². The number of hydrogen-bond donors (Lipinski definition) is 4. The van der Waals surface area contributed by atoms with Gasteiger partial charge in [0.25, 0.3) is 0 Å². The average molecular weight is 463 g/mol. The molecule has 0 unspecified atom stereocenters. The Morgan fingerprint density at radius 2 is 1.68 bits per heavy atom. The number of amides is 2. The van der Waals surface area contributed by atoms with Crippen LogP contribution in [0.15, 0.2) is 61.1 Å². The van der Waals surface area contributed by atoms with Crippen molar-refractivity contribution < 1.29 is 24.2 Å². The SMILES string of the molecule is CC[C@@H](NC(=O)OCC1c2ccccc2-c2ccccc21)C(=O)N[C@H](Cc1cnc[nH]1)C(=O)O. The van der Waals surface area contributed by atoms with Crippen LogP contribution in [0.1, 0.15) is 36.1 Å². The summed E-state index contributed by atoms with van der Waals surface area (Å²) in [6.07, 6.45) is 2.51. The number of rotatable bonds is 9. The van der Waals surface area contributed by atoms with E-state index in [2.05, 4.69) is 20.6 Å². The maximum Gasteiger partial charge on any atom is 0.407 e. The Morgan fingerprint density at radius 3 is 2.24 bits per heavy atom. The number of benzene rings is 2. The minimum Gasteiger partial charge on any atom is -0.480 e. The van der Waals surface area contributed by atoms with Crippen molar-refractivity contribution >= 4 is 18.0 Å². The largest absolute Gasteiger partial charge is 0.480 e. The minimum absolute atomic E-state index is 0.0441. The van der Waals surface area contributed by atoms with Gasteiger partial charge in [-0.15, -0.1) is 0 Å². The van der Waals surface area contributed by atoms with Crippen LogP contribution in [0.5, 0.6) is 0 Å². The highest BCUT2D eigenvalue weighted by Crippen LogP contribution is 2.44. The standard InChI is InChI=1S/C25H26N4O5/c1-2-21(23(30)28-22(24(31)32)11-15-12-26-14-27-15)29-25(33)34-13-20-18-9-5-3-7-16(18)17-8-4-6-10-19(17)20/h3-10,12,14,20-22H,2,11,13H2,1H3,(H,26,27)(H,28,30)(H,29,33)(H,31,32)/t21-,22-/m1/s1. The van der Waals surface area contributed by atoms with Crippen molar-refractivity contribution in [2.45, 2.75) is 37.8 Å². The van der Waals surface area contributed by atoms with E-state index < -0.39 is 30.1 Å². The highest BCUT2D eigenvalue weighted by Gasteiger charge is 2.30. The fourth-order valence-corrected chi connectivity index (χ4v) is 4.22. The third kappa shape index (κ3) is 4.93. The van der Waals surface area contributed by atoms with Gasteiger partial charge < -0.3 is 25.5 Å². The minimum atomic E-state index is -1.18. The van der Waals surface area contributed by atoms with Crippen LogP contribution in [0.2, 0.25) is 0 Å². The molecule has 2 aromatic carbocycles. The Bertz CT molecular complexity index is 1130. The number of carboxylic acid groups (broad SMARTS) is 1. The lowest BCUT2D eigenvalue weighted by Gasteiger charge is -2.21. The first kappa shape index (κ1) is 23.0. The zero-order valence-corrected chi connectivity index (χ0v) is 18.7. The number of imidazole rings is 1. The van der Waals surface area contributed by atoms with Gasteiger partial charge in [-0.2, -0.15) is 0 Å². The second-order valence-corrected chi connectivity index (χ2v) is 8.11. The van der Waals surface area contributed by atoms with Crippen LogP contribution in [0, 0.1) is 0 Å². The molecular weight excluding hydrogens is 436 g/mol. The van der Waals surface area contributed by atoms with Gasteiger partial charge in [0, 0.05) is 24.2 Å². The third-order valence-corrected chi connectivity index (χ3v) is 5.95. The summed E-state index contributed by atoms with van der Waals surface area (Å²) in [6.45, 7) is 1.84. The van der Waals surface area contributed by atoms with Crippen molar-refractivity contribution in [3.8, 4) is 11.1 Å². The summed E-state index contributed by atoms with van der Waals surface area (Å²) in [5.74, 6) is -1.88. The smallest absolute Gasteiger partial charge is 0.407 e. The van der Waals surface area contributed by atoms with Crippen molar-refractivity contribution in [1.82, 2.24) is 20.6 Å². The number of hydrogen-bond acceptors (Lipinski definition) is 5. The Kier molecular flexibility index (Phi) is 6.91. The summed E-state index contributed by atoms with van der Waals surface area (Å²) in [7, 11) is 0. The molecule has 176 valence electrons. The van der Waals surface area contributed by atoms with Gasteiger partial charge in [-0.05, 0) is 28.7 Å². The zero-order valence-electron chi connectivity index (χ0n) is 18.7. The van der Waals surface area contributed by atoms with E-state index in [1.165, 1.54) is 12.5 Å². The van der Waals surface area contributed by atoms with Crippen LogP contribution < -0.4 is 10.6 Å². The molecule has 2 amide bonds. The molecule has 1 aliphatic carbocycles. The van der Waals surface area contributed by atoms with E-state index in [1.807, 2.05) is 48.5 Å². The Hall–Kier alpha value is -4.14. The third-order valence-electron chi connectivity index (χ3n) is 5.95. The molecule has 0 spiro atoms. The molecule has 1 heterocycles. The molecule has 34 heavy (non-hydrogen) atoms. The zero-order chi connectivity index (χ0) is 24.1. The van der Waals surface area contributed by atoms with Crippen LogP contribution in [-0.2, 0) is 20.7 Å². The molecule has 1 aliphatic rings. The van der Waals surface area contributed by atoms with E-state index in [0.717, 1.165) is 22.3 Å². The number of fused-ring (bicyclic) bond motifs is 3. The molecular formula is C25H26N4O5. The number of H-pyrrole nitrogens is 1. The molecule has 0 bridgehead atoms. The van der Waals surface area contributed by atoms with Gasteiger partial charge in [-0.25, -0.2) is 14.6 Å². The molecule has 9 nitrogen and oxygen atoms in total. The number of nitrogens with one attached hydrogen (secondary N) is 3. The van der Waals surface area contributed by atoms with Gasteiger partial charge in [0.2, 0.25) is 5.91 Å². The number of aromatic amines is 1. The van der Waals surface area contributed by atoms with E-state index >= 15 is 0 Å². The molecule has 0 radical (unpaired) electrons. The quantitative estimate of drug-likeness (QED) is 0.386. The second-order valence-electron chi connectivity index (χ2n) is 8.11. The fourth-order valence-electron chi connectivity index (χ4n) is 4.22. The molecule has 4 rings (SSSR count). The Morgan fingerprint density at radius 1 is 1.03 bits per heavy atom. The van der Waals surface area contributed by atoms with E-state index in [4.69, 9.17) is 4.74 Å². The monoisotopic (exact) mass is 462 g/mol. The second kappa shape index (κ2) is 10.2. The predicted octanol–water partition coefficient (Wildman–Crippen LogP) is 2.84. The fraction of sp³-hybridized carbons (Fsp3) is 0.280. The summed E-state index contributed by atoms with van der Waals surface area (Å²) in [5, 5.41) is 14.5. The molecule has 0 fully saturated rings. The summed E-state index contributed by atoms with van der Waals surface area (Å²) in [5.41, 5.74) is 4.99. The number of ether oxygens (including phenoxy) is 1. The molecule has 3 aromatic rings. The summed E-state index contributed by atoms with van der Waals surface area (Å²) < 4.78 is 5.50. The van der Waals surface area contributed by atoms with Crippen LogP contribution >= 0.6 is 0 Å². The lowest BCUT2D eigenvalue weighted by atomic mass is 9.98. The van der Waals surface area contributed by atoms with Gasteiger partial charge in [0.15, 0.2) is 0 Å². The van der Waals surface area contributed by atoms with E-state index in [9.17, 15) is 19.5 Å². The van der Waals surface area contributed by atoms with Crippen LogP contribution in [0.3, 0.4) is 0 Å². The first-order valence-electron chi connectivity index (χ1n) is 11.1. The number of aliphatic carboxylic acids is 1. The van der Waals surface area contributed by atoms with Crippen LogP contribution in [0.25, 0.3) is 11.1 Å². The summed E-state index contributed by atoms with van der Waals surface area (Å²) >= 11 is 0. The molecule has 0 saturated carbocycles. The predicted molar refractivity (Wildman–Crippen MR) is 124 cm³/mol. The van der Waals surface area contributed by atoms with Crippen molar-refractivity contribution in [1.29, 1.82) is 0 Å². The number of aromatic nitrogens is 2. The van der Waals surface area contributed by atoms with Gasteiger partial charge in [0.05, 0.1) is 6.33 Å². The van der Waals surface area contributed by atoms with Crippen molar-refractivity contribution in [2.75, 3.05) is 6.61 Å². The van der Waals surface area contributed by atoms with Crippen molar-refractivity contribution in [2.24, 2.45) is 0 Å². The molecule has 1 aromatic heterocycles. The van der Waals surface area contributed by atoms with Crippen LogP contribution in [-0.4, -0.2) is 51.7 Å². The summed E-state index contributed by atoms with van der Waals surface area (Å²) in [4.78, 5) is 43.4. The molecule has 0 aliphatic heterocycles. The Labute approximate surface area is 196 Å². The van der Waals surface area contributed by atoms with Gasteiger partial charge in [-0.1, -0.05) is 55.5 Å². The number of carbonyl (C=O) groups is 3. The highest BCUT2D eigenvalue weighted by atomic mass is 16.5. The Balaban J connectivity index is 1.36. The molecule has 2 atom stereocenters. The lowest BCUT2D eigenvalue weighted by Crippen LogP contribution is -2.52. The van der Waals surface area contributed by atoms with Crippen molar-refractivity contribution in [3.63, 3.8) is 0 Å². The van der Waals surface area contributed by atoms with Crippen molar-refractivity contribution in [3.05, 3.63) is 77.9 Å². The highest BCUT2D eigenvalue weighted by molar-refractivity contribution is 5.89. The normalized spacial score (nSPS) is 13.9. The molecule has 0 saturated heterocycles. The van der Waals surface area contributed by atoms with Crippen LogP contribution in [0.4, 0.5) is 4.79 Å². The van der Waals surface area contributed by atoms with E-state index in [0.29, 0.717) is 5.69 Å². The number of alkyl carbamates (subject to hydrolysis) is 1. The van der Waals surface area contributed by atoms with E-state index in [1.54, 1.807) is 6.92 Å². The molecule has 9 heteroatoms. The topological polar surface area (TPSA) is 133 Å². The maximum absolute atomic E-state index is 12.7. The first-order chi connectivity index (χ1) is 16.5. The number of nitrogens with zero attached hydrogens (tertiary/aromatic N) is 1. The molecule has 4 N–H and O–H groups in total. The maximum atomic E-state index is 12.7. The number of carboxylic acids is 1. The lowest BCUT2D eigenvalue weighted by molar-refractivity contribution is -0.142. The number of carbonyl (C=O) groups excluding carboxylic acids is 2. The van der Waals surface area contributed by atoms with Gasteiger partial charge >= 0.3 is 12.1 Å². The average Bonchev–Trinajstić information content (AvgIpc) is 3.46. The summed E-state index contributed by atoms with van der Waals surface area (Å²) in [6, 6.07) is 13.9. The first-order valence-corrected chi connectivity index (χ1v) is 11.1. The van der Waals surface area contributed by atoms with Gasteiger partial charge in [-0.3, -0.25) is 4.79 Å². The van der Waals surface area contributed by atoms with E-state index in [-0.39, 0.29) is 25.4 Å².